The molecule has 0 aliphatic carbocycles. The highest BCUT2D eigenvalue weighted by Gasteiger charge is 2.16. The molecule has 0 aromatic heterocycles. The standard InChI is InChI=1S/C86H166O5/c1-3-5-7-9-11-13-15-17-19-21-23-25-27-29-31-33-35-37-39-41-43-45-47-49-51-53-55-57-59-61-63-65-67-69-71-73-75-77-79-81-86(89)91-84(82-87)83-90-85(88)80-78-76-74-72-70-68-66-64-62-60-58-56-54-52-50-48-46-44-42-40-38-36-34-32-30-28-26-24-22-20-18-16-14-12-10-8-6-4-2/h15,17,21,23,84,87H,3-14,16,18-20,22,24-83H2,1-2H3/b17-15-,23-21-. The third-order valence-corrected chi connectivity index (χ3v) is 20.0. The van der Waals surface area contributed by atoms with Gasteiger partial charge in [0.15, 0.2) is 6.10 Å². The molecule has 0 saturated carbocycles. The summed E-state index contributed by atoms with van der Waals surface area (Å²) in [4.78, 5) is 24.7. The molecule has 1 N–H and O–H groups in total. The predicted octanol–water partition coefficient (Wildman–Crippen LogP) is 29.8. The normalized spacial score (nSPS) is 12.2. The van der Waals surface area contributed by atoms with Gasteiger partial charge in [0.25, 0.3) is 0 Å². The Bertz CT molecular complexity index is 1410. The van der Waals surface area contributed by atoms with E-state index in [1.165, 1.54) is 430 Å². The summed E-state index contributed by atoms with van der Waals surface area (Å²) in [7, 11) is 0. The van der Waals surface area contributed by atoms with Gasteiger partial charge in [0.05, 0.1) is 6.61 Å². The first-order valence-corrected chi connectivity index (χ1v) is 42.4. The largest absolute Gasteiger partial charge is 0.462 e. The molecule has 1 unspecified atom stereocenters. The van der Waals surface area contributed by atoms with Gasteiger partial charge in [0.2, 0.25) is 0 Å². The van der Waals surface area contributed by atoms with Crippen molar-refractivity contribution in [3.05, 3.63) is 24.3 Å². The van der Waals surface area contributed by atoms with Crippen LogP contribution in [-0.4, -0.2) is 36.4 Å². The van der Waals surface area contributed by atoms with Gasteiger partial charge < -0.3 is 14.6 Å². The average Bonchev–Trinajstić information content (AvgIpc) is 3.67. The molecule has 0 rings (SSSR count). The summed E-state index contributed by atoms with van der Waals surface area (Å²) in [5.74, 6) is -0.557. The van der Waals surface area contributed by atoms with Crippen LogP contribution < -0.4 is 0 Å². The highest BCUT2D eigenvalue weighted by Crippen LogP contribution is 2.21. The summed E-state index contributed by atoms with van der Waals surface area (Å²) in [5.41, 5.74) is 0. The molecule has 0 amide bonds. The number of carbonyl (C=O) groups is 2. The molecular weight excluding hydrogens is 1110 g/mol. The number of esters is 2. The molecule has 0 saturated heterocycles. The Labute approximate surface area is 572 Å². The monoisotopic (exact) mass is 1280 g/mol. The van der Waals surface area contributed by atoms with Gasteiger partial charge in [-0.3, -0.25) is 9.59 Å². The lowest BCUT2D eigenvalue weighted by atomic mass is 10.0. The molecule has 0 bridgehead atoms. The van der Waals surface area contributed by atoms with Gasteiger partial charge in [0.1, 0.15) is 6.61 Å². The van der Waals surface area contributed by atoms with Crippen molar-refractivity contribution in [1.29, 1.82) is 0 Å². The maximum absolute atomic E-state index is 12.4. The molecule has 0 aliphatic heterocycles. The molecule has 5 nitrogen and oxygen atoms in total. The van der Waals surface area contributed by atoms with E-state index in [-0.39, 0.29) is 25.2 Å². The third kappa shape index (κ3) is 80.7. The van der Waals surface area contributed by atoms with Crippen LogP contribution in [0.5, 0.6) is 0 Å². The Hall–Kier alpha value is -1.62. The van der Waals surface area contributed by atoms with Crippen molar-refractivity contribution >= 4 is 11.9 Å². The Morgan fingerprint density at radius 3 is 0.648 bits per heavy atom. The lowest BCUT2D eigenvalue weighted by Crippen LogP contribution is -2.28. The van der Waals surface area contributed by atoms with Crippen molar-refractivity contribution in [3.63, 3.8) is 0 Å². The minimum absolute atomic E-state index is 0.0566. The first-order chi connectivity index (χ1) is 45.1. The van der Waals surface area contributed by atoms with Crippen LogP contribution in [0.1, 0.15) is 495 Å². The smallest absolute Gasteiger partial charge is 0.306 e. The number of ether oxygens (including phenoxy) is 2. The highest BCUT2D eigenvalue weighted by molar-refractivity contribution is 5.70. The van der Waals surface area contributed by atoms with E-state index in [1.807, 2.05) is 0 Å². The molecule has 0 radical (unpaired) electrons. The fraction of sp³-hybridized carbons (Fsp3) is 0.930. The number of carbonyl (C=O) groups excluding carboxylic acids is 2. The van der Waals surface area contributed by atoms with Crippen LogP contribution >= 0.6 is 0 Å². The number of hydrogen-bond acceptors (Lipinski definition) is 5. The van der Waals surface area contributed by atoms with E-state index < -0.39 is 6.10 Å². The summed E-state index contributed by atoms with van der Waals surface area (Å²) in [6.45, 7) is 4.21. The van der Waals surface area contributed by atoms with Gasteiger partial charge in [-0.2, -0.15) is 0 Å². The molecule has 0 spiro atoms. The summed E-state index contributed by atoms with van der Waals surface area (Å²) in [5, 5.41) is 9.74. The summed E-state index contributed by atoms with van der Waals surface area (Å²) < 4.78 is 10.8. The van der Waals surface area contributed by atoms with Crippen molar-refractivity contribution in [1.82, 2.24) is 0 Å². The first kappa shape index (κ1) is 89.4. The van der Waals surface area contributed by atoms with Crippen molar-refractivity contribution in [2.75, 3.05) is 13.2 Å². The number of unbranched alkanes of at least 4 members (excludes halogenated alkanes) is 69. The molecule has 0 aromatic rings. The second-order valence-electron chi connectivity index (χ2n) is 29.3. The Morgan fingerprint density at radius 2 is 0.440 bits per heavy atom. The van der Waals surface area contributed by atoms with E-state index in [4.69, 9.17) is 9.47 Å². The van der Waals surface area contributed by atoms with Gasteiger partial charge in [-0.15, -0.1) is 0 Å². The zero-order valence-corrected chi connectivity index (χ0v) is 62.4. The van der Waals surface area contributed by atoms with E-state index in [0.29, 0.717) is 12.8 Å². The highest BCUT2D eigenvalue weighted by atomic mass is 16.6. The summed E-state index contributed by atoms with van der Waals surface area (Å²) in [6.07, 6.45) is 110. The van der Waals surface area contributed by atoms with E-state index in [0.717, 1.165) is 38.5 Å². The zero-order valence-electron chi connectivity index (χ0n) is 62.4. The quantitative estimate of drug-likeness (QED) is 0.0373. The molecule has 0 aliphatic rings. The van der Waals surface area contributed by atoms with E-state index in [1.54, 1.807) is 0 Å². The average molecular weight is 1280 g/mol. The van der Waals surface area contributed by atoms with Gasteiger partial charge in [-0.05, 0) is 44.9 Å². The van der Waals surface area contributed by atoms with Crippen LogP contribution in [0.25, 0.3) is 0 Å². The van der Waals surface area contributed by atoms with Crippen LogP contribution in [0.3, 0.4) is 0 Å². The number of aliphatic hydroxyl groups excluding tert-OH is 1. The lowest BCUT2D eigenvalue weighted by Gasteiger charge is -2.15. The van der Waals surface area contributed by atoms with Crippen molar-refractivity contribution < 1.29 is 24.2 Å². The fourth-order valence-corrected chi connectivity index (χ4v) is 13.7. The molecule has 0 heterocycles. The molecule has 5 heteroatoms. The summed E-state index contributed by atoms with van der Waals surface area (Å²) >= 11 is 0. The summed E-state index contributed by atoms with van der Waals surface area (Å²) in [6, 6.07) is 0. The number of allylic oxidation sites excluding steroid dienone is 4. The molecule has 91 heavy (non-hydrogen) atoms. The maximum atomic E-state index is 12.4. The fourth-order valence-electron chi connectivity index (χ4n) is 13.7. The number of aliphatic hydroxyl groups is 1. The lowest BCUT2D eigenvalue weighted by molar-refractivity contribution is -0.161. The van der Waals surface area contributed by atoms with Crippen molar-refractivity contribution in [2.24, 2.45) is 0 Å². The minimum atomic E-state index is -0.768. The Balaban J connectivity index is 3.33. The van der Waals surface area contributed by atoms with Gasteiger partial charge in [-0.25, -0.2) is 0 Å². The molecule has 0 aromatic carbocycles. The minimum Gasteiger partial charge on any atom is -0.462 e. The van der Waals surface area contributed by atoms with Crippen LogP contribution in [0.2, 0.25) is 0 Å². The Kier molecular flexibility index (Phi) is 81.1. The third-order valence-electron chi connectivity index (χ3n) is 20.0. The first-order valence-electron chi connectivity index (χ1n) is 42.4. The molecule has 1 atom stereocenters. The zero-order chi connectivity index (χ0) is 65.4. The van der Waals surface area contributed by atoms with E-state index >= 15 is 0 Å². The van der Waals surface area contributed by atoms with Crippen molar-refractivity contribution in [3.8, 4) is 0 Å². The van der Waals surface area contributed by atoms with Crippen LogP contribution in [0.4, 0.5) is 0 Å². The predicted molar refractivity (Wildman–Crippen MR) is 404 cm³/mol. The molecular formula is C86H166O5. The second kappa shape index (κ2) is 82.6. The number of hydrogen-bond donors (Lipinski definition) is 1. The molecule has 540 valence electrons. The SMILES string of the molecule is CCCCCCC/C=C\C/C=C\CCCCCCCCCCCCCCCCCCCCCCCCCCCCCC(=O)OC(CO)COC(=O)CCCCCCCCCCCCCCCCCCCCCCCCCCCCCCCCCCCCCCCC. The van der Waals surface area contributed by atoms with E-state index in [9.17, 15) is 14.7 Å². The Morgan fingerprint density at radius 1 is 0.253 bits per heavy atom. The van der Waals surface area contributed by atoms with Gasteiger partial charge in [0, 0.05) is 12.8 Å². The van der Waals surface area contributed by atoms with Gasteiger partial charge >= 0.3 is 11.9 Å². The molecule has 0 fully saturated rings. The maximum Gasteiger partial charge on any atom is 0.306 e. The van der Waals surface area contributed by atoms with Gasteiger partial charge in [-0.1, -0.05) is 462 Å². The van der Waals surface area contributed by atoms with Crippen LogP contribution in [0, 0.1) is 0 Å². The topological polar surface area (TPSA) is 72.8 Å². The second-order valence-corrected chi connectivity index (χ2v) is 29.3. The number of rotatable bonds is 81. The van der Waals surface area contributed by atoms with Crippen LogP contribution in [-0.2, 0) is 19.1 Å². The van der Waals surface area contributed by atoms with Crippen LogP contribution in [0.15, 0.2) is 24.3 Å². The van der Waals surface area contributed by atoms with E-state index in [2.05, 4.69) is 38.2 Å². The van der Waals surface area contributed by atoms with Crippen molar-refractivity contribution in [2.45, 2.75) is 502 Å².